The Labute approximate surface area is 149 Å². The maximum absolute atomic E-state index is 12.1. The van der Waals surface area contributed by atoms with Crippen molar-refractivity contribution in [1.29, 1.82) is 0 Å². The van der Waals surface area contributed by atoms with E-state index in [1.54, 1.807) is 6.08 Å². The summed E-state index contributed by atoms with van der Waals surface area (Å²) in [6, 6.07) is 0. The molecule has 0 radical (unpaired) electrons. The lowest BCUT2D eigenvalue weighted by Crippen LogP contribution is -2.18. The largest absolute Gasteiger partial charge is 0.481 e. The topological polar surface area (TPSA) is 91.7 Å². The van der Waals surface area contributed by atoms with E-state index in [0.29, 0.717) is 25.7 Å². The van der Waals surface area contributed by atoms with E-state index in [9.17, 15) is 19.5 Å². The van der Waals surface area contributed by atoms with E-state index in [1.807, 2.05) is 12.2 Å². The van der Waals surface area contributed by atoms with Crippen molar-refractivity contribution in [2.75, 3.05) is 0 Å². The number of allylic oxidation sites excluding steroid dienone is 4. The molecule has 3 atom stereocenters. The maximum atomic E-state index is 12.1. The molecular formula is C20H30O5. The average molecular weight is 350 g/mol. The van der Waals surface area contributed by atoms with Crippen LogP contribution in [0.4, 0.5) is 0 Å². The fourth-order valence-corrected chi connectivity index (χ4v) is 3.11. The van der Waals surface area contributed by atoms with E-state index in [0.717, 1.165) is 19.3 Å². The van der Waals surface area contributed by atoms with Crippen LogP contribution in [-0.4, -0.2) is 33.9 Å². The Morgan fingerprint density at radius 2 is 1.92 bits per heavy atom. The molecule has 25 heavy (non-hydrogen) atoms. The van der Waals surface area contributed by atoms with Crippen LogP contribution in [0.3, 0.4) is 0 Å². The van der Waals surface area contributed by atoms with Gasteiger partial charge in [-0.05, 0) is 31.8 Å². The first-order chi connectivity index (χ1) is 12.0. The molecule has 0 aromatic rings. The molecule has 0 bridgehead atoms. The number of ketones is 2. The second-order valence-electron chi connectivity index (χ2n) is 6.70. The van der Waals surface area contributed by atoms with Crippen molar-refractivity contribution in [3.05, 3.63) is 24.3 Å². The average Bonchev–Trinajstić information content (AvgIpc) is 2.82. The lowest BCUT2D eigenvalue weighted by atomic mass is 9.90. The third-order valence-electron chi connectivity index (χ3n) is 4.59. The van der Waals surface area contributed by atoms with Crippen LogP contribution >= 0.6 is 0 Å². The summed E-state index contributed by atoms with van der Waals surface area (Å²) in [5, 5.41) is 18.7. The molecule has 0 aromatic heterocycles. The first-order valence-electron chi connectivity index (χ1n) is 9.24. The molecule has 1 fully saturated rings. The van der Waals surface area contributed by atoms with Gasteiger partial charge in [-0.2, -0.15) is 0 Å². The number of carboxylic acids is 1. The van der Waals surface area contributed by atoms with Gasteiger partial charge in [-0.25, -0.2) is 0 Å². The van der Waals surface area contributed by atoms with Gasteiger partial charge in [-0.15, -0.1) is 0 Å². The number of aliphatic hydroxyl groups excluding tert-OH is 1. The van der Waals surface area contributed by atoms with Crippen molar-refractivity contribution in [2.24, 2.45) is 11.8 Å². The standard InChI is InChI=1S/C20H30O5/c1-2-3-6-9-15(21)12-13-17-16(18(22)14-19(17)23)10-7-4-5-8-11-20(24)25/h4,7,12-13,16-18,22H,2-3,5-6,8-11,14H2,1H3,(H,24,25)/b7-4-,13-12+/t16-,17-,18+/m1/s1. The summed E-state index contributed by atoms with van der Waals surface area (Å²) in [5.74, 6) is -1.41. The van der Waals surface area contributed by atoms with Crippen LogP contribution in [0.1, 0.15) is 64.7 Å². The number of hydrogen-bond acceptors (Lipinski definition) is 4. The number of carbonyl (C=O) groups is 3. The van der Waals surface area contributed by atoms with Gasteiger partial charge in [-0.1, -0.05) is 38.0 Å². The van der Waals surface area contributed by atoms with Gasteiger partial charge in [0.2, 0.25) is 0 Å². The highest BCUT2D eigenvalue weighted by Gasteiger charge is 2.39. The van der Waals surface area contributed by atoms with Crippen molar-refractivity contribution in [1.82, 2.24) is 0 Å². The Bertz CT molecular complexity index is 506. The zero-order chi connectivity index (χ0) is 18.7. The van der Waals surface area contributed by atoms with Crippen molar-refractivity contribution in [2.45, 2.75) is 70.8 Å². The molecule has 1 aliphatic rings. The Kier molecular flexibility index (Phi) is 10.0. The number of carboxylic acid groups (broad SMARTS) is 1. The monoisotopic (exact) mass is 350 g/mol. The number of aliphatic carboxylic acids is 1. The van der Waals surface area contributed by atoms with Crippen molar-refractivity contribution in [3.63, 3.8) is 0 Å². The van der Waals surface area contributed by atoms with Crippen LogP contribution in [0.25, 0.3) is 0 Å². The van der Waals surface area contributed by atoms with E-state index in [-0.39, 0.29) is 30.3 Å². The molecular weight excluding hydrogens is 320 g/mol. The molecule has 5 nitrogen and oxygen atoms in total. The van der Waals surface area contributed by atoms with E-state index in [4.69, 9.17) is 5.11 Å². The normalized spacial score (nSPS) is 23.8. The summed E-state index contributed by atoms with van der Waals surface area (Å²) in [6.07, 6.45) is 11.8. The highest BCUT2D eigenvalue weighted by atomic mass is 16.4. The van der Waals surface area contributed by atoms with Crippen molar-refractivity contribution < 1.29 is 24.6 Å². The Morgan fingerprint density at radius 3 is 2.60 bits per heavy atom. The molecule has 1 rings (SSSR count). The predicted octanol–water partition coefficient (Wildman–Crippen LogP) is 3.46. The summed E-state index contributed by atoms with van der Waals surface area (Å²) in [5.41, 5.74) is 0. The molecule has 0 saturated heterocycles. The molecule has 0 aliphatic heterocycles. The molecule has 1 aliphatic carbocycles. The predicted molar refractivity (Wildman–Crippen MR) is 96.1 cm³/mol. The molecule has 1 saturated carbocycles. The molecule has 0 amide bonds. The quantitative estimate of drug-likeness (QED) is 0.319. The molecule has 0 heterocycles. The summed E-state index contributed by atoms with van der Waals surface area (Å²) in [4.78, 5) is 34.3. The van der Waals surface area contributed by atoms with Gasteiger partial charge in [0.05, 0.1) is 6.10 Å². The number of unbranched alkanes of at least 4 members (excludes halogenated alkanes) is 3. The van der Waals surface area contributed by atoms with Crippen LogP contribution in [0.5, 0.6) is 0 Å². The van der Waals surface area contributed by atoms with Crippen LogP contribution in [-0.2, 0) is 14.4 Å². The molecule has 0 aromatic carbocycles. The van der Waals surface area contributed by atoms with Gasteiger partial charge >= 0.3 is 5.97 Å². The molecule has 0 spiro atoms. The first kappa shape index (κ1) is 21.3. The fourth-order valence-electron chi connectivity index (χ4n) is 3.11. The summed E-state index contributed by atoms with van der Waals surface area (Å²) >= 11 is 0. The summed E-state index contributed by atoms with van der Waals surface area (Å²) in [7, 11) is 0. The number of rotatable bonds is 12. The minimum atomic E-state index is -0.806. The lowest BCUT2D eigenvalue weighted by molar-refractivity contribution is -0.137. The van der Waals surface area contributed by atoms with Crippen molar-refractivity contribution in [3.8, 4) is 0 Å². The van der Waals surface area contributed by atoms with Crippen LogP contribution in [0, 0.1) is 11.8 Å². The van der Waals surface area contributed by atoms with Gasteiger partial charge in [0.15, 0.2) is 5.78 Å². The molecule has 140 valence electrons. The van der Waals surface area contributed by atoms with Gasteiger partial charge < -0.3 is 10.2 Å². The highest BCUT2D eigenvalue weighted by Crippen LogP contribution is 2.33. The van der Waals surface area contributed by atoms with Crippen molar-refractivity contribution >= 4 is 17.5 Å². The second-order valence-corrected chi connectivity index (χ2v) is 6.70. The Hall–Kier alpha value is -1.75. The summed E-state index contributed by atoms with van der Waals surface area (Å²) < 4.78 is 0. The number of carbonyl (C=O) groups excluding carboxylic acids is 2. The van der Waals surface area contributed by atoms with Gasteiger partial charge in [-0.3, -0.25) is 14.4 Å². The fraction of sp³-hybridized carbons (Fsp3) is 0.650. The van der Waals surface area contributed by atoms with Crippen LogP contribution in [0.15, 0.2) is 24.3 Å². The zero-order valence-corrected chi connectivity index (χ0v) is 15.0. The summed E-state index contributed by atoms with van der Waals surface area (Å²) in [6.45, 7) is 2.08. The second kappa shape index (κ2) is 11.7. The maximum Gasteiger partial charge on any atom is 0.303 e. The van der Waals surface area contributed by atoms with Crippen LogP contribution < -0.4 is 0 Å². The zero-order valence-electron chi connectivity index (χ0n) is 15.0. The number of hydrogen-bond donors (Lipinski definition) is 2. The third kappa shape index (κ3) is 8.25. The van der Waals surface area contributed by atoms with Gasteiger partial charge in [0, 0.05) is 31.1 Å². The lowest BCUT2D eigenvalue weighted by Gasteiger charge is -2.16. The van der Waals surface area contributed by atoms with E-state index in [1.165, 1.54) is 6.08 Å². The SMILES string of the molecule is CCCCCC(=O)/C=C/[C@H]1C(=O)C[C@H](O)[C@@H]1C/C=C\CCCC(=O)O. The van der Waals surface area contributed by atoms with Gasteiger partial charge in [0.1, 0.15) is 5.78 Å². The van der Waals surface area contributed by atoms with Crippen LogP contribution in [0.2, 0.25) is 0 Å². The third-order valence-corrected chi connectivity index (χ3v) is 4.59. The Balaban J connectivity index is 2.49. The van der Waals surface area contributed by atoms with E-state index < -0.39 is 18.0 Å². The molecule has 5 heteroatoms. The first-order valence-corrected chi connectivity index (χ1v) is 9.24. The number of Topliss-reactive ketones (excluding diaryl/α,β-unsaturated/α-hetero) is 1. The molecule has 2 N–H and O–H groups in total. The van der Waals surface area contributed by atoms with E-state index >= 15 is 0 Å². The Morgan fingerprint density at radius 1 is 1.16 bits per heavy atom. The minimum Gasteiger partial charge on any atom is -0.481 e. The van der Waals surface area contributed by atoms with E-state index in [2.05, 4.69) is 6.92 Å². The smallest absolute Gasteiger partial charge is 0.303 e. The highest BCUT2D eigenvalue weighted by molar-refractivity contribution is 5.92. The minimum absolute atomic E-state index is 0.0191. The van der Waals surface area contributed by atoms with Gasteiger partial charge in [0.25, 0.3) is 0 Å². The molecule has 0 unspecified atom stereocenters. The number of aliphatic hydroxyl groups is 1.